The largest absolute Gasteiger partial charge is 0.494 e. The van der Waals surface area contributed by atoms with Gasteiger partial charge in [-0.2, -0.15) is 5.10 Å². The Morgan fingerprint density at radius 3 is 2.84 bits per heavy atom. The summed E-state index contributed by atoms with van der Waals surface area (Å²) in [6.45, 7) is 4.05. The van der Waals surface area contributed by atoms with Gasteiger partial charge in [-0.25, -0.2) is 4.39 Å². The van der Waals surface area contributed by atoms with Gasteiger partial charge in [0.25, 0.3) is 0 Å². The van der Waals surface area contributed by atoms with Gasteiger partial charge in [0.1, 0.15) is 11.0 Å². The molecule has 1 aliphatic rings. The first kappa shape index (κ1) is 23.3. The number of amidine groups is 1. The highest BCUT2D eigenvalue weighted by molar-refractivity contribution is 8.15. The Bertz CT molecular complexity index is 1070. The van der Waals surface area contributed by atoms with Crippen LogP contribution in [0.1, 0.15) is 25.8 Å². The molecule has 0 saturated carbocycles. The van der Waals surface area contributed by atoms with Gasteiger partial charge in [-0.3, -0.25) is 9.59 Å². The number of carbonyl (C=O) groups is 2. The standard InChI is InChI=1S/C22H23FN4O4S/c1-4-31-16-7-5-6-15(11-16)24-21(29)19-12-20(28)25-22(32-19)27-26-13(2)14-8-9-18(30-3)17(23)10-14/h5-11,19H,4,12H2,1-3H3,(H,24,29)(H,25,27,28)/b26-13+. The van der Waals surface area contributed by atoms with Crippen LogP contribution in [-0.2, 0) is 9.59 Å². The molecule has 2 amide bonds. The third-order valence-corrected chi connectivity index (χ3v) is 5.51. The van der Waals surface area contributed by atoms with Crippen molar-refractivity contribution >= 4 is 40.1 Å². The zero-order chi connectivity index (χ0) is 23.1. The maximum absolute atomic E-state index is 13.9. The molecule has 0 aromatic heterocycles. The van der Waals surface area contributed by atoms with E-state index in [1.54, 1.807) is 37.3 Å². The smallest absolute Gasteiger partial charge is 0.238 e. The van der Waals surface area contributed by atoms with Gasteiger partial charge in [0, 0.05) is 23.7 Å². The molecule has 0 bridgehead atoms. The van der Waals surface area contributed by atoms with Crippen molar-refractivity contribution in [2.45, 2.75) is 25.5 Å². The monoisotopic (exact) mass is 458 g/mol. The maximum Gasteiger partial charge on any atom is 0.238 e. The number of hydrogen-bond donors (Lipinski definition) is 2. The number of halogens is 1. The zero-order valence-electron chi connectivity index (χ0n) is 17.8. The Hall–Kier alpha value is -3.40. The molecule has 1 unspecified atom stereocenters. The highest BCUT2D eigenvalue weighted by atomic mass is 32.2. The van der Waals surface area contributed by atoms with E-state index in [2.05, 4.69) is 20.8 Å². The average Bonchev–Trinajstić information content (AvgIpc) is 2.77. The van der Waals surface area contributed by atoms with Crippen LogP contribution in [0.15, 0.2) is 52.7 Å². The molecule has 1 heterocycles. The minimum absolute atomic E-state index is 0.00700. The van der Waals surface area contributed by atoms with Crippen LogP contribution in [0.3, 0.4) is 0 Å². The molecule has 2 N–H and O–H groups in total. The first-order valence-electron chi connectivity index (χ1n) is 9.86. The van der Waals surface area contributed by atoms with Crippen molar-refractivity contribution < 1.29 is 23.5 Å². The third-order valence-electron chi connectivity index (χ3n) is 4.44. The van der Waals surface area contributed by atoms with Crippen LogP contribution in [0.4, 0.5) is 10.1 Å². The van der Waals surface area contributed by atoms with Gasteiger partial charge in [0.05, 0.1) is 19.4 Å². The predicted octanol–water partition coefficient (Wildman–Crippen LogP) is 3.57. The molecule has 32 heavy (non-hydrogen) atoms. The Balaban J connectivity index is 1.70. The molecule has 1 fully saturated rings. The molecule has 168 valence electrons. The molecule has 8 nitrogen and oxygen atoms in total. The van der Waals surface area contributed by atoms with Crippen LogP contribution in [-0.4, -0.2) is 41.7 Å². The van der Waals surface area contributed by atoms with Crippen molar-refractivity contribution in [2.75, 3.05) is 19.0 Å². The van der Waals surface area contributed by atoms with Crippen molar-refractivity contribution in [3.63, 3.8) is 0 Å². The minimum atomic E-state index is -0.674. The van der Waals surface area contributed by atoms with Crippen LogP contribution < -0.4 is 20.1 Å². The normalized spacial score (nSPS) is 17.6. The van der Waals surface area contributed by atoms with Gasteiger partial charge in [-0.15, -0.1) is 5.10 Å². The van der Waals surface area contributed by atoms with Crippen molar-refractivity contribution in [2.24, 2.45) is 10.2 Å². The molecular formula is C22H23FN4O4S. The van der Waals surface area contributed by atoms with Crippen LogP contribution >= 0.6 is 11.8 Å². The maximum atomic E-state index is 13.9. The fraction of sp³-hybridized carbons (Fsp3) is 0.273. The highest BCUT2D eigenvalue weighted by Gasteiger charge is 2.30. The van der Waals surface area contributed by atoms with Crippen molar-refractivity contribution in [3.05, 3.63) is 53.8 Å². The minimum Gasteiger partial charge on any atom is -0.494 e. The van der Waals surface area contributed by atoms with E-state index < -0.39 is 11.1 Å². The van der Waals surface area contributed by atoms with Crippen LogP contribution in [0.5, 0.6) is 11.5 Å². The number of nitrogens with one attached hydrogen (secondary N) is 2. The Labute approximate surface area is 189 Å². The lowest BCUT2D eigenvalue weighted by molar-refractivity contribution is -0.123. The molecule has 0 aliphatic carbocycles. The highest BCUT2D eigenvalue weighted by Crippen LogP contribution is 2.24. The van der Waals surface area contributed by atoms with Crippen molar-refractivity contribution in [3.8, 4) is 11.5 Å². The van der Waals surface area contributed by atoms with Crippen LogP contribution in [0, 0.1) is 5.82 Å². The summed E-state index contributed by atoms with van der Waals surface area (Å²) in [4.78, 5) is 24.8. The van der Waals surface area contributed by atoms with E-state index in [0.717, 1.165) is 11.8 Å². The van der Waals surface area contributed by atoms with E-state index in [1.807, 2.05) is 6.92 Å². The second kappa shape index (κ2) is 10.8. The van der Waals surface area contributed by atoms with Gasteiger partial charge in [0.2, 0.25) is 11.8 Å². The van der Waals surface area contributed by atoms with E-state index in [4.69, 9.17) is 9.47 Å². The topological polar surface area (TPSA) is 101 Å². The Morgan fingerprint density at radius 1 is 1.31 bits per heavy atom. The molecule has 2 aromatic rings. The van der Waals surface area contributed by atoms with Gasteiger partial charge in [-0.1, -0.05) is 17.8 Å². The number of amides is 2. The summed E-state index contributed by atoms with van der Waals surface area (Å²) in [5.41, 5.74) is 1.53. The molecule has 1 atom stereocenters. The van der Waals surface area contributed by atoms with Crippen molar-refractivity contribution in [1.82, 2.24) is 5.32 Å². The lowest BCUT2D eigenvalue weighted by Crippen LogP contribution is -2.41. The lowest BCUT2D eigenvalue weighted by Gasteiger charge is -2.21. The first-order valence-corrected chi connectivity index (χ1v) is 10.7. The fourth-order valence-corrected chi connectivity index (χ4v) is 3.79. The second-order valence-corrected chi connectivity index (χ2v) is 7.94. The van der Waals surface area contributed by atoms with Crippen molar-refractivity contribution in [1.29, 1.82) is 0 Å². The number of rotatable bonds is 7. The first-order chi connectivity index (χ1) is 15.4. The molecule has 0 radical (unpaired) electrons. The van der Waals surface area contributed by atoms with Crippen LogP contribution in [0.25, 0.3) is 0 Å². The Kier molecular flexibility index (Phi) is 7.82. The number of benzene rings is 2. The fourth-order valence-electron chi connectivity index (χ4n) is 2.86. The number of methoxy groups -OCH3 is 1. The zero-order valence-corrected chi connectivity index (χ0v) is 18.7. The molecular weight excluding hydrogens is 435 g/mol. The Morgan fingerprint density at radius 2 is 2.12 bits per heavy atom. The summed E-state index contributed by atoms with van der Waals surface area (Å²) < 4.78 is 24.3. The van der Waals surface area contributed by atoms with E-state index in [-0.39, 0.29) is 29.2 Å². The number of carbonyl (C=O) groups excluding carboxylic acids is 2. The van der Waals surface area contributed by atoms with Gasteiger partial charge in [-0.05, 0) is 44.2 Å². The number of hydrogen-bond acceptors (Lipinski definition) is 7. The lowest BCUT2D eigenvalue weighted by atomic mass is 10.1. The summed E-state index contributed by atoms with van der Waals surface area (Å²) in [6.07, 6.45) is 0.00700. The molecule has 0 spiro atoms. The average molecular weight is 459 g/mol. The number of ether oxygens (including phenoxy) is 2. The second-order valence-electron chi connectivity index (χ2n) is 6.75. The number of anilines is 1. The summed E-state index contributed by atoms with van der Waals surface area (Å²) >= 11 is 1.10. The van der Waals surface area contributed by atoms with Crippen LogP contribution in [0.2, 0.25) is 0 Å². The molecule has 2 aromatic carbocycles. The number of thioether (sulfide) groups is 1. The summed E-state index contributed by atoms with van der Waals surface area (Å²) in [5, 5.41) is 13.0. The van der Waals surface area contributed by atoms with E-state index in [9.17, 15) is 14.0 Å². The third kappa shape index (κ3) is 6.07. The van der Waals surface area contributed by atoms with E-state index in [1.165, 1.54) is 19.2 Å². The molecule has 10 heteroatoms. The van der Waals surface area contributed by atoms with Gasteiger partial charge < -0.3 is 20.1 Å². The molecule has 3 rings (SSSR count). The van der Waals surface area contributed by atoms with E-state index in [0.29, 0.717) is 29.3 Å². The molecule has 1 aliphatic heterocycles. The summed E-state index contributed by atoms with van der Waals surface area (Å²) in [5.74, 6) is -0.416. The van der Waals surface area contributed by atoms with Gasteiger partial charge >= 0.3 is 0 Å². The summed E-state index contributed by atoms with van der Waals surface area (Å²) in [6, 6.07) is 11.5. The summed E-state index contributed by atoms with van der Waals surface area (Å²) in [7, 11) is 1.39. The quantitative estimate of drug-likeness (QED) is 0.488. The van der Waals surface area contributed by atoms with E-state index >= 15 is 0 Å². The molecule has 1 saturated heterocycles. The predicted molar refractivity (Wildman–Crippen MR) is 123 cm³/mol. The van der Waals surface area contributed by atoms with Gasteiger partial charge in [0.15, 0.2) is 16.7 Å². The number of nitrogens with zero attached hydrogens (tertiary/aromatic N) is 2. The SMILES string of the molecule is CCOc1cccc(NC(=O)C2CC(=O)N/C(=N\N=C(/C)c3ccc(OC)c(F)c3)S2)c1.